The number of morpholine rings is 1. The van der Waals surface area contributed by atoms with Gasteiger partial charge in [0, 0.05) is 25.1 Å². The molecule has 4 rings (SSSR count). The maximum absolute atomic E-state index is 13.6. The summed E-state index contributed by atoms with van der Waals surface area (Å²) >= 11 is 0. The number of furan rings is 1. The molecule has 1 atom stereocenters. The summed E-state index contributed by atoms with van der Waals surface area (Å²) in [6, 6.07) is 9.64. The minimum atomic E-state index is -0.597. The van der Waals surface area contributed by atoms with Crippen LogP contribution in [0.3, 0.4) is 0 Å². The van der Waals surface area contributed by atoms with Crippen LogP contribution >= 0.6 is 0 Å². The Morgan fingerprint density at radius 2 is 2.11 bits per heavy atom. The Morgan fingerprint density at radius 3 is 2.89 bits per heavy atom. The first-order valence-corrected chi connectivity index (χ1v) is 9.05. The summed E-state index contributed by atoms with van der Waals surface area (Å²) in [5.41, 5.74) is -0.0779. The number of amides is 2. The number of benzene rings is 1. The molecule has 2 amide bonds. The zero-order valence-corrected chi connectivity index (χ0v) is 14.9. The average molecular weight is 372 g/mol. The third-order valence-electron chi connectivity index (χ3n) is 5.20. The third-order valence-corrected chi connectivity index (χ3v) is 5.20. The molecule has 0 bridgehead atoms. The molecule has 2 aliphatic heterocycles. The van der Waals surface area contributed by atoms with Crippen molar-refractivity contribution >= 4 is 17.5 Å². The van der Waals surface area contributed by atoms with Crippen molar-refractivity contribution in [3.63, 3.8) is 0 Å². The van der Waals surface area contributed by atoms with Crippen LogP contribution < -0.4 is 4.90 Å². The van der Waals surface area contributed by atoms with Gasteiger partial charge < -0.3 is 19.0 Å². The Hall–Kier alpha value is -2.67. The summed E-state index contributed by atoms with van der Waals surface area (Å²) < 4.78 is 24.7. The fourth-order valence-electron chi connectivity index (χ4n) is 3.74. The standard InChI is InChI=1S/C20H21FN2O4/c21-15-3-1-4-16(11-15)23-14-20(27-12-19(23)25)8-9-22(13-20)18(24)7-6-17-5-2-10-26-17/h1-5,10-11H,6-9,12-14H2. The fourth-order valence-corrected chi connectivity index (χ4v) is 3.74. The summed E-state index contributed by atoms with van der Waals surface area (Å²) in [7, 11) is 0. The number of halogens is 1. The molecule has 1 unspecified atom stereocenters. The van der Waals surface area contributed by atoms with Crippen molar-refractivity contribution in [2.45, 2.75) is 24.9 Å². The number of nitrogens with zero attached hydrogens (tertiary/aromatic N) is 2. The van der Waals surface area contributed by atoms with Gasteiger partial charge in [-0.2, -0.15) is 0 Å². The van der Waals surface area contributed by atoms with Gasteiger partial charge in [-0.15, -0.1) is 0 Å². The van der Waals surface area contributed by atoms with Crippen molar-refractivity contribution < 1.29 is 23.1 Å². The van der Waals surface area contributed by atoms with E-state index in [2.05, 4.69) is 0 Å². The van der Waals surface area contributed by atoms with Crippen molar-refractivity contribution in [3.8, 4) is 0 Å². The molecule has 0 aliphatic carbocycles. The zero-order valence-electron chi connectivity index (χ0n) is 14.9. The lowest BCUT2D eigenvalue weighted by Gasteiger charge is -2.40. The number of anilines is 1. The van der Waals surface area contributed by atoms with Gasteiger partial charge in [0.1, 0.15) is 23.8 Å². The number of carbonyl (C=O) groups is 2. The molecule has 2 saturated heterocycles. The number of carbonyl (C=O) groups excluding carboxylic acids is 2. The van der Waals surface area contributed by atoms with Gasteiger partial charge in [-0.25, -0.2) is 4.39 Å². The highest BCUT2D eigenvalue weighted by Crippen LogP contribution is 2.32. The molecule has 2 aromatic rings. The molecule has 7 heteroatoms. The van der Waals surface area contributed by atoms with E-state index in [-0.39, 0.29) is 24.2 Å². The molecular formula is C20H21FN2O4. The number of hydrogen-bond donors (Lipinski definition) is 0. The highest BCUT2D eigenvalue weighted by molar-refractivity contribution is 5.95. The molecule has 0 saturated carbocycles. The number of aryl methyl sites for hydroxylation is 1. The maximum atomic E-state index is 13.6. The smallest absolute Gasteiger partial charge is 0.253 e. The average Bonchev–Trinajstić information content (AvgIpc) is 3.32. The Morgan fingerprint density at radius 1 is 1.22 bits per heavy atom. The molecular weight excluding hydrogens is 351 g/mol. The molecule has 142 valence electrons. The van der Waals surface area contributed by atoms with E-state index >= 15 is 0 Å². The van der Waals surface area contributed by atoms with Crippen LogP contribution in [0, 0.1) is 5.82 Å². The molecule has 6 nitrogen and oxygen atoms in total. The van der Waals surface area contributed by atoms with Gasteiger partial charge in [0.25, 0.3) is 5.91 Å². The van der Waals surface area contributed by atoms with Gasteiger partial charge in [-0.05, 0) is 36.8 Å². The van der Waals surface area contributed by atoms with Crippen LogP contribution in [0.4, 0.5) is 10.1 Å². The van der Waals surface area contributed by atoms with Crippen molar-refractivity contribution in [1.29, 1.82) is 0 Å². The first-order chi connectivity index (χ1) is 13.0. The van der Waals surface area contributed by atoms with Crippen LogP contribution in [0.2, 0.25) is 0 Å². The molecule has 0 radical (unpaired) electrons. The lowest BCUT2D eigenvalue weighted by Crippen LogP contribution is -2.56. The monoisotopic (exact) mass is 372 g/mol. The van der Waals surface area contributed by atoms with Crippen LogP contribution in [-0.2, 0) is 20.7 Å². The normalized spacial score (nSPS) is 22.6. The van der Waals surface area contributed by atoms with Crippen molar-refractivity contribution in [2.24, 2.45) is 0 Å². The Balaban J connectivity index is 1.41. The van der Waals surface area contributed by atoms with E-state index in [1.165, 1.54) is 12.1 Å². The second-order valence-electron chi connectivity index (χ2n) is 7.08. The Labute approximate surface area is 156 Å². The van der Waals surface area contributed by atoms with Gasteiger partial charge in [0.2, 0.25) is 5.91 Å². The zero-order chi connectivity index (χ0) is 18.9. The van der Waals surface area contributed by atoms with E-state index < -0.39 is 5.60 Å². The summed E-state index contributed by atoms with van der Waals surface area (Å²) in [6.07, 6.45) is 3.18. The second kappa shape index (κ2) is 7.15. The van der Waals surface area contributed by atoms with Gasteiger partial charge in [0.05, 0.1) is 19.4 Å². The SMILES string of the molecule is O=C(CCc1ccco1)N1CCC2(C1)CN(c1cccc(F)c1)C(=O)CO2. The van der Waals surface area contributed by atoms with Gasteiger partial charge >= 0.3 is 0 Å². The Bertz CT molecular complexity index is 838. The molecule has 3 heterocycles. The molecule has 2 fully saturated rings. The number of likely N-dealkylation sites (tertiary alicyclic amines) is 1. The summed E-state index contributed by atoms with van der Waals surface area (Å²) in [5, 5.41) is 0. The van der Waals surface area contributed by atoms with Gasteiger partial charge in [-0.1, -0.05) is 6.07 Å². The van der Waals surface area contributed by atoms with Crippen molar-refractivity contribution in [3.05, 3.63) is 54.2 Å². The topological polar surface area (TPSA) is 63.0 Å². The minimum Gasteiger partial charge on any atom is -0.469 e. The van der Waals surface area contributed by atoms with Crippen molar-refractivity contribution in [2.75, 3.05) is 31.1 Å². The van der Waals surface area contributed by atoms with Crippen LogP contribution in [0.25, 0.3) is 0 Å². The molecule has 1 aromatic carbocycles. The molecule has 1 spiro atoms. The highest BCUT2D eigenvalue weighted by atomic mass is 19.1. The van der Waals surface area contributed by atoms with E-state index in [4.69, 9.17) is 9.15 Å². The van der Waals surface area contributed by atoms with Gasteiger partial charge in [-0.3, -0.25) is 9.59 Å². The molecule has 0 N–H and O–H groups in total. The van der Waals surface area contributed by atoms with Crippen molar-refractivity contribution in [1.82, 2.24) is 4.90 Å². The van der Waals surface area contributed by atoms with E-state index in [1.54, 1.807) is 34.3 Å². The second-order valence-corrected chi connectivity index (χ2v) is 7.08. The summed E-state index contributed by atoms with van der Waals surface area (Å²) in [5.74, 6) is 0.242. The van der Waals surface area contributed by atoms with Gasteiger partial charge in [0.15, 0.2) is 0 Å². The van der Waals surface area contributed by atoms with E-state index in [9.17, 15) is 14.0 Å². The largest absolute Gasteiger partial charge is 0.469 e. The first-order valence-electron chi connectivity index (χ1n) is 9.05. The predicted octanol–water partition coefficient (Wildman–Crippen LogP) is 2.39. The lowest BCUT2D eigenvalue weighted by atomic mass is 10.00. The van der Waals surface area contributed by atoms with E-state index in [0.29, 0.717) is 44.6 Å². The van der Waals surface area contributed by atoms with Crippen LogP contribution in [0.1, 0.15) is 18.6 Å². The highest BCUT2D eigenvalue weighted by Gasteiger charge is 2.46. The van der Waals surface area contributed by atoms with Crippen LogP contribution in [0.5, 0.6) is 0 Å². The molecule has 27 heavy (non-hydrogen) atoms. The Kier molecular flexibility index (Phi) is 4.70. The van der Waals surface area contributed by atoms with Crippen LogP contribution in [0.15, 0.2) is 47.1 Å². The number of rotatable bonds is 4. The molecule has 1 aromatic heterocycles. The van der Waals surface area contributed by atoms with E-state index in [0.717, 1.165) is 5.76 Å². The summed E-state index contributed by atoms with van der Waals surface area (Å²) in [4.78, 5) is 28.1. The fraction of sp³-hybridized carbons (Fsp3) is 0.400. The quantitative estimate of drug-likeness (QED) is 0.827. The van der Waals surface area contributed by atoms with Crippen LogP contribution in [-0.4, -0.2) is 48.6 Å². The minimum absolute atomic E-state index is 0.0427. The third kappa shape index (κ3) is 3.73. The molecule has 2 aliphatic rings. The maximum Gasteiger partial charge on any atom is 0.253 e. The lowest BCUT2D eigenvalue weighted by molar-refractivity contribution is -0.139. The first kappa shape index (κ1) is 17.7. The number of ether oxygens (including phenoxy) is 1. The predicted molar refractivity (Wildman–Crippen MR) is 95.7 cm³/mol. The summed E-state index contributed by atoms with van der Waals surface area (Å²) in [6.45, 7) is 1.27. The van der Waals surface area contributed by atoms with E-state index in [1.807, 2.05) is 6.07 Å². The number of hydrogen-bond acceptors (Lipinski definition) is 4.